The van der Waals surface area contributed by atoms with Gasteiger partial charge in [0.25, 0.3) is 0 Å². The van der Waals surface area contributed by atoms with Gasteiger partial charge >= 0.3 is 0 Å². The number of rotatable bonds is 3. The fraction of sp³-hybridized carbons (Fsp3) is 0.200. The molecule has 1 aromatic carbocycles. The molecular weight excluding hydrogens is 243 g/mol. The molecule has 0 unspecified atom stereocenters. The molecule has 0 fully saturated rings. The van der Waals surface area contributed by atoms with Crippen LogP contribution in [0.4, 0.5) is 4.39 Å². The van der Waals surface area contributed by atoms with E-state index < -0.39 is 0 Å². The summed E-state index contributed by atoms with van der Waals surface area (Å²) in [6, 6.07) is 5.51. The first-order chi connectivity index (χ1) is 8.99. The number of benzene rings is 1. The lowest BCUT2D eigenvalue weighted by molar-refractivity contribution is 0.104. The zero-order valence-corrected chi connectivity index (χ0v) is 11.1. The Morgan fingerprint density at radius 2 is 1.89 bits per heavy atom. The van der Waals surface area contributed by atoms with Crippen molar-refractivity contribution in [1.29, 1.82) is 0 Å². The summed E-state index contributed by atoms with van der Waals surface area (Å²) < 4.78 is 14.5. The normalized spacial score (nSPS) is 11.2. The van der Waals surface area contributed by atoms with Gasteiger partial charge in [0.2, 0.25) is 0 Å². The first-order valence-electron chi connectivity index (χ1n) is 5.97. The highest BCUT2D eigenvalue weighted by Gasteiger charge is 2.07. The average molecular weight is 258 g/mol. The van der Waals surface area contributed by atoms with Gasteiger partial charge < -0.3 is 0 Å². The molecule has 0 amide bonds. The maximum absolute atomic E-state index is 12.8. The Morgan fingerprint density at radius 1 is 1.26 bits per heavy atom. The number of hydrogen-bond donors (Lipinski definition) is 0. The van der Waals surface area contributed by atoms with Gasteiger partial charge in [-0.25, -0.2) is 4.39 Å². The van der Waals surface area contributed by atoms with Gasteiger partial charge in [-0.1, -0.05) is 0 Å². The molecule has 0 atom stereocenters. The van der Waals surface area contributed by atoms with Crippen LogP contribution in [0.3, 0.4) is 0 Å². The zero-order chi connectivity index (χ0) is 14.0. The summed E-state index contributed by atoms with van der Waals surface area (Å²) in [5, 5.41) is 4.28. The van der Waals surface area contributed by atoms with Crippen molar-refractivity contribution in [2.75, 3.05) is 0 Å². The third-order valence-electron chi connectivity index (χ3n) is 3.10. The lowest BCUT2D eigenvalue weighted by atomic mass is 10.1. The van der Waals surface area contributed by atoms with E-state index in [2.05, 4.69) is 5.10 Å². The molecular formula is C15H15FN2O. The second kappa shape index (κ2) is 5.18. The van der Waals surface area contributed by atoms with Crippen LogP contribution in [0.25, 0.3) is 6.08 Å². The highest BCUT2D eigenvalue weighted by molar-refractivity contribution is 6.06. The molecule has 0 aliphatic carbocycles. The van der Waals surface area contributed by atoms with Gasteiger partial charge in [0, 0.05) is 23.9 Å². The number of carbonyl (C=O) groups is 1. The topological polar surface area (TPSA) is 34.9 Å². The van der Waals surface area contributed by atoms with Crippen LogP contribution in [0.2, 0.25) is 0 Å². The average Bonchev–Trinajstić information content (AvgIpc) is 2.62. The lowest BCUT2D eigenvalue weighted by Crippen LogP contribution is -1.94. The van der Waals surface area contributed by atoms with E-state index in [1.165, 1.54) is 30.3 Å². The van der Waals surface area contributed by atoms with Crippen molar-refractivity contribution >= 4 is 11.9 Å². The smallest absolute Gasteiger partial charge is 0.185 e. The highest BCUT2D eigenvalue weighted by atomic mass is 19.1. The van der Waals surface area contributed by atoms with Gasteiger partial charge in [-0.15, -0.1) is 0 Å². The second-order valence-electron chi connectivity index (χ2n) is 4.41. The minimum absolute atomic E-state index is 0.150. The van der Waals surface area contributed by atoms with Crippen LogP contribution < -0.4 is 0 Å². The number of allylic oxidation sites excluding steroid dienone is 1. The third-order valence-corrected chi connectivity index (χ3v) is 3.10. The molecule has 98 valence electrons. The molecule has 2 aromatic rings. The van der Waals surface area contributed by atoms with Crippen LogP contribution in [-0.4, -0.2) is 15.6 Å². The number of halogens is 1. The monoisotopic (exact) mass is 258 g/mol. The third kappa shape index (κ3) is 2.78. The molecule has 0 bridgehead atoms. The van der Waals surface area contributed by atoms with E-state index in [0.29, 0.717) is 5.56 Å². The molecule has 0 saturated heterocycles. The maximum atomic E-state index is 12.8. The molecule has 0 spiro atoms. The lowest BCUT2D eigenvalue weighted by Gasteiger charge is -1.96. The molecule has 3 nitrogen and oxygen atoms in total. The molecule has 4 heteroatoms. The minimum atomic E-state index is -0.348. The summed E-state index contributed by atoms with van der Waals surface area (Å²) >= 11 is 0. The fourth-order valence-corrected chi connectivity index (χ4v) is 1.90. The fourth-order valence-electron chi connectivity index (χ4n) is 1.90. The van der Waals surface area contributed by atoms with Crippen LogP contribution in [0.15, 0.2) is 30.3 Å². The van der Waals surface area contributed by atoms with E-state index >= 15 is 0 Å². The zero-order valence-electron chi connectivity index (χ0n) is 11.1. The second-order valence-corrected chi connectivity index (χ2v) is 4.41. The van der Waals surface area contributed by atoms with E-state index in [-0.39, 0.29) is 11.6 Å². The van der Waals surface area contributed by atoms with E-state index in [9.17, 15) is 9.18 Å². The van der Waals surface area contributed by atoms with Gasteiger partial charge in [-0.05, 0) is 50.3 Å². The van der Waals surface area contributed by atoms with E-state index in [1.54, 1.807) is 10.8 Å². The first kappa shape index (κ1) is 13.2. The van der Waals surface area contributed by atoms with E-state index in [1.807, 2.05) is 20.9 Å². The molecule has 0 saturated carbocycles. The Labute approximate surface area is 111 Å². The van der Waals surface area contributed by atoms with Crippen molar-refractivity contribution < 1.29 is 9.18 Å². The summed E-state index contributed by atoms with van der Waals surface area (Å²) in [5.41, 5.74) is 3.29. The van der Waals surface area contributed by atoms with Crippen LogP contribution in [0.5, 0.6) is 0 Å². The van der Waals surface area contributed by atoms with Crippen molar-refractivity contribution in [1.82, 2.24) is 9.78 Å². The quantitative estimate of drug-likeness (QED) is 0.626. The summed E-state index contributed by atoms with van der Waals surface area (Å²) in [6.45, 7) is 3.84. The van der Waals surface area contributed by atoms with E-state index in [4.69, 9.17) is 0 Å². The first-order valence-corrected chi connectivity index (χ1v) is 5.97. The van der Waals surface area contributed by atoms with Crippen LogP contribution in [-0.2, 0) is 7.05 Å². The van der Waals surface area contributed by atoms with Gasteiger partial charge in [0.15, 0.2) is 5.78 Å². The van der Waals surface area contributed by atoms with Gasteiger partial charge in [-0.3, -0.25) is 9.48 Å². The molecule has 2 rings (SSSR count). The molecule has 19 heavy (non-hydrogen) atoms. The Balaban J connectivity index is 2.23. The van der Waals surface area contributed by atoms with Crippen molar-refractivity contribution in [3.63, 3.8) is 0 Å². The number of ketones is 1. The van der Waals surface area contributed by atoms with Gasteiger partial charge in [-0.2, -0.15) is 5.10 Å². The number of carbonyl (C=O) groups excluding carboxylic acids is 1. The van der Waals surface area contributed by atoms with Gasteiger partial charge in [0.1, 0.15) is 5.82 Å². The molecule has 0 aliphatic rings. The maximum Gasteiger partial charge on any atom is 0.185 e. The van der Waals surface area contributed by atoms with E-state index in [0.717, 1.165) is 17.0 Å². The standard InChI is InChI=1S/C15H15FN2O/c1-10-14(11(2)18(3)17-10)8-9-15(19)12-4-6-13(16)7-5-12/h4-9H,1-3H3/b9-8+. The van der Waals surface area contributed by atoms with Crippen LogP contribution in [0, 0.1) is 19.7 Å². The summed E-state index contributed by atoms with van der Waals surface area (Å²) in [4.78, 5) is 11.9. The summed E-state index contributed by atoms with van der Waals surface area (Å²) in [7, 11) is 1.86. The summed E-state index contributed by atoms with van der Waals surface area (Å²) in [5.74, 6) is -0.498. The molecule has 1 heterocycles. The van der Waals surface area contributed by atoms with Crippen LogP contribution >= 0.6 is 0 Å². The Bertz CT molecular complexity index is 639. The van der Waals surface area contributed by atoms with Crippen molar-refractivity contribution in [3.05, 3.63) is 58.7 Å². The number of aromatic nitrogens is 2. The van der Waals surface area contributed by atoms with Crippen molar-refractivity contribution in [3.8, 4) is 0 Å². The Hall–Kier alpha value is -2.23. The Morgan fingerprint density at radius 3 is 2.42 bits per heavy atom. The van der Waals surface area contributed by atoms with Crippen molar-refractivity contribution in [2.24, 2.45) is 7.05 Å². The SMILES string of the molecule is Cc1nn(C)c(C)c1/C=C/C(=O)c1ccc(F)cc1. The predicted molar refractivity (Wildman–Crippen MR) is 72.4 cm³/mol. The number of nitrogens with zero attached hydrogens (tertiary/aromatic N) is 2. The Kier molecular flexibility index (Phi) is 3.60. The highest BCUT2D eigenvalue weighted by Crippen LogP contribution is 2.14. The number of hydrogen-bond acceptors (Lipinski definition) is 2. The largest absolute Gasteiger partial charge is 0.289 e. The minimum Gasteiger partial charge on any atom is -0.289 e. The molecule has 0 N–H and O–H groups in total. The van der Waals surface area contributed by atoms with Gasteiger partial charge in [0.05, 0.1) is 5.69 Å². The summed E-state index contributed by atoms with van der Waals surface area (Å²) in [6.07, 6.45) is 3.24. The predicted octanol–water partition coefficient (Wildman–Crippen LogP) is 3.07. The molecule has 1 aromatic heterocycles. The number of aryl methyl sites for hydroxylation is 2. The molecule has 0 radical (unpaired) electrons. The van der Waals surface area contributed by atoms with Crippen molar-refractivity contribution in [2.45, 2.75) is 13.8 Å². The molecule has 0 aliphatic heterocycles. The van der Waals surface area contributed by atoms with Crippen LogP contribution in [0.1, 0.15) is 27.3 Å².